The van der Waals surface area contributed by atoms with Crippen molar-refractivity contribution < 1.29 is 29.0 Å². The maximum atomic E-state index is 12.9. The number of hydrogen-bond donors (Lipinski definition) is 5. The lowest BCUT2D eigenvalue weighted by molar-refractivity contribution is -0.131. The van der Waals surface area contributed by atoms with E-state index in [-0.39, 0.29) is 31.6 Å². The minimum Gasteiger partial charge on any atom is -0.449 e. The van der Waals surface area contributed by atoms with E-state index in [9.17, 15) is 19.2 Å². The fraction of sp³-hybridized carbons (Fsp3) is 0.312. The third kappa shape index (κ3) is 7.32. The number of carbonyl (C=O) groups is 4. The molecular formula is C32H36N4O6. The molecule has 0 radical (unpaired) electrons. The van der Waals surface area contributed by atoms with E-state index in [1.807, 2.05) is 48.5 Å². The largest absolute Gasteiger partial charge is 0.449 e. The van der Waals surface area contributed by atoms with Gasteiger partial charge in [0, 0.05) is 11.6 Å². The van der Waals surface area contributed by atoms with Crippen LogP contribution in [0.1, 0.15) is 43.4 Å². The van der Waals surface area contributed by atoms with Crippen LogP contribution in [0.2, 0.25) is 0 Å². The number of amides is 4. The summed E-state index contributed by atoms with van der Waals surface area (Å²) in [7, 11) is 0. The van der Waals surface area contributed by atoms with Crippen molar-refractivity contribution in [3.05, 3.63) is 89.5 Å². The van der Waals surface area contributed by atoms with Crippen molar-refractivity contribution in [2.24, 2.45) is 5.92 Å². The molecule has 4 rings (SSSR count). The van der Waals surface area contributed by atoms with Crippen molar-refractivity contribution in [2.45, 2.75) is 45.4 Å². The maximum absolute atomic E-state index is 12.9. The Morgan fingerprint density at radius 1 is 0.810 bits per heavy atom. The van der Waals surface area contributed by atoms with Crippen LogP contribution in [0.25, 0.3) is 11.1 Å². The molecule has 0 unspecified atom stereocenters. The summed E-state index contributed by atoms with van der Waals surface area (Å²) in [5.41, 5.74) is 5.62. The highest BCUT2D eigenvalue weighted by Crippen LogP contribution is 2.44. The van der Waals surface area contributed by atoms with Gasteiger partial charge >= 0.3 is 6.09 Å². The zero-order valence-electron chi connectivity index (χ0n) is 23.8. The second-order valence-electron chi connectivity index (χ2n) is 10.5. The Bertz CT molecular complexity index is 1390. The number of anilines is 1. The lowest BCUT2D eigenvalue weighted by Gasteiger charge is -2.24. The number of benzene rings is 3. The number of alkyl carbamates (subject to hydrolysis) is 1. The molecule has 0 heterocycles. The molecule has 10 nitrogen and oxygen atoms in total. The van der Waals surface area contributed by atoms with Crippen LogP contribution in [0.4, 0.5) is 10.5 Å². The van der Waals surface area contributed by atoms with E-state index in [0.717, 1.165) is 22.3 Å². The molecule has 0 bridgehead atoms. The molecule has 42 heavy (non-hydrogen) atoms. The molecule has 0 aromatic heterocycles. The second-order valence-corrected chi connectivity index (χ2v) is 10.5. The Morgan fingerprint density at radius 2 is 1.40 bits per heavy atom. The van der Waals surface area contributed by atoms with Gasteiger partial charge in [0.25, 0.3) is 0 Å². The number of nitrogens with one attached hydrogen (secondary N) is 4. The predicted molar refractivity (Wildman–Crippen MR) is 158 cm³/mol. The van der Waals surface area contributed by atoms with Gasteiger partial charge < -0.3 is 31.1 Å². The first-order valence-corrected chi connectivity index (χ1v) is 13.9. The van der Waals surface area contributed by atoms with Crippen LogP contribution in [0.15, 0.2) is 72.8 Å². The number of carbonyl (C=O) groups excluding carboxylic acids is 4. The molecule has 3 aromatic rings. The van der Waals surface area contributed by atoms with Crippen LogP contribution >= 0.6 is 0 Å². The molecule has 1 aliphatic rings. The normalized spacial score (nSPS) is 13.4. The Labute approximate surface area is 244 Å². The molecule has 3 aromatic carbocycles. The first-order valence-electron chi connectivity index (χ1n) is 13.9. The van der Waals surface area contributed by atoms with Gasteiger partial charge in [-0.05, 0) is 52.8 Å². The molecule has 220 valence electrons. The van der Waals surface area contributed by atoms with E-state index in [1.165, 1.54) is 6.92 Å². The van der Waals surface area contributed by atoms with E-state index >= 15 is 0 Å². The quantitative estimate of drug-likeness (QED) is 0.238. The van der Waals surface area contributed by atoms with Gasteiger partial charge in [-0.3, -0.25) is 14.4 Å². The van der Waals surface area contributed by atoms with E-state index < -0.39 is 35.9 Å². The fourth-order valence-corrected chi connectivity index (χ4v) is 4.87. The molecule has 0 fully saturated rings. The minimum absolute atomic E-state index is 0.106. The number of hydrogen-bond acceptors (Lipinski definition) is 6. The number of ether oxygens (including phenoxy) is 1. The average molecular weight is 573 g/mol. The summed E-state index contributed by atoms with van der Waals surface area (Å²) < 4.78 is 5.46. The summed E-state index contributed by atoms with van der Waals surface area (Å²) in [6.07, 6.45) is -0.741. The number of fused-ring (bicyclic) bond motifs is 3. The number of aliphatic hydroxyl groups excluding tert-OH is 1. The second kappa shape index (κ2) is 13.8. The van der Waals surface area contributed by atoms with Crippen LogP contribution < -0.4 is 21.3 Å². The Hall–Kier alpha value is -4.70. The Kier molecular flexibility index (Phi) is 9.93. The zero-order chi connectivity index (χ0) is 30.2. The molecule has 2 atom stereocenters. The van der Waals surface area contributed by atoms with Crippen LogP contribution in [0.5, 0.6) is 0 Å². The molecule has 0 aliphatic heterocycles. The molecule has 4 amide bonds. The van der Waals surface area contributed by atoms with Crippen molar-refractivity contribution in [3.8, 4) is 11.1 Å². The summed E-state index contributed by atoms with van der Waals surface area (Å²) in [4.78, 5) is 50.5. The highest BCUT2D eigenvalue weighted by Gasteiger charge is 2.30. The highest BCUT2D eigenvalue weighted by molar-refractivity contribution is 5.98. The van der Waals surface area contributed by atoms with Crippen molar-refractivity contribution in [1.82, 2.24) is 16.0 Å². The lowest BCUT2D eigenvalue weighted by atomic mass is 9.98. The van der Waals surface area contributed by atoms with Gasteiger partial charge in [-0.15, -0.1) is 0 Å². The van der Waals surface area contributed by atoms with E-state index in [1.54, 1.807) is 38.1 Å². The molecule has 5 N–H and O–H groups in total. The van der Waals surface area contributed by atoms with Crippen LogP contribution in [-0.4, -0.2) is 54.2 Å². The predicted octanol–water partition coefficient (Wildman–Crippen LogP) is 3.30. The lowest BCUT2D eigenvalue weighted by Crippen LogP contribution is -2.55. The van der Waals surface area contributed by atoms with Crippen LogP contribution in [0.3, 0.4) is 0 Å². The van der Waals surface area contributed by atoms with Crippen molar-refractivity contribution >= 4 is 29.5 Å². The van der Waals surface area contributed by atoms with Gasteiger partial charge in [0.1, 0.15) is 25.2 Å². The molecule has 0 spiro atoms. The monoisotopic (exact) mass is 572 g/mol. The van der Waals surface area contributed by atoms with Crippen molar-refractivity contribution in [2.75, 3.05) is 18.5 Å². The van der Waals surface area contributed by atoms with Gasteiger partial charge in [-0.25, -0.2) is 4.79 Å². The average Bonchev–Trinajstić information content (AvgIpc) is 3.31. The van der Waals surface area contributed by atoms with E-state index in [0.29, 0.717) is 11.3 Å². The van der Waals surface area contributed by atoms with E-state index in [4.69, 9.17) is 9.84 Å². The number of rotatable bonds is 11. The van der Waals surface area contributed by atoms with Crippen LogP contribution in [-0.2, 0) is 25.7 Å². The van der Waals surface area contributed by atoms with Crippen molar-refractivity contribution in [1.29, 1.82) is 0 Å². The molecular weight excluding hydrogens is 536 g/mol. The standard InChI is InChI=1S/C32H36N4O6/c1-19(2)29(31(40)34-20(3)30(39)35-22-14-12-21(17-37)13-15-22)36-28(38)16-33-32(41)42-18-27-25-10-6-4-8-23(25)24-9-5-7-11-26(24)27/h4-15,19-20,27,29,37H,16-18H2,1-3H3,(H,33,41)(H,34,40)(H,35,39)(H,36,38)/t20-,29-/m0/s1. The third-order valence-corrected chi connectivity index (χ3v) is 7.16. The van der Waals surface area contributed by atoms with E-state index in [2.05, 4.69) is 21.3 Å². The topological polar surface area (TPSA) is 146 Å². The van der Waals surface area contributed by atoms with Gasteiger partial charge in [0.2, 0.25) is 17.7 Å². The van der Waals surface area contributed by atoms with Gasteiger partial charge in [-0.1, -0.05) is 74.5 Å². The highest BCUT2D eigenvalue weighted by atomic mass is 16.5. The smallest absolute Gasteiger partial charge is 0.407 e. The van der Waals surface area contributed by atoms with Gasteiger partial charge in [0.15, 0.2) is 0 Å². The Balaban J connectivity index is 1.24. The van der Waals surface area contributed by atoms with Gasteiger partial charge in [0.05, 0.1) is 6.61 Å². The number of aliphatic hydroxyl groups is 1. The summed E-state index contributed by atoms with van der Waals surface area (Å²) in [6, 6.07) is 20.8. The fourth-order valence-electron chi connectivity index (χ4n) is 4.87. The summed E-state index contributed by atoms with van der Waals surface area (Å²) in [6.45, 7) is 4.68. The van der Waals surface area contributed by atoms with Crippen molar-refractivity contribution in [3.63, 3.8) is 0 Å². The first kappa shape index (κ1) is 30.3. The first-order chi connectivity index (χ1) is 20.2. The molecule has 10 heteroatoms. The van der Waals surface area contributed by atoms with Crippen LogP contribution in [0, 0.1) is 5.92 Å². The summed E-state index contributed by atoms with van der Waals surface area (Å²) in [5.74, 6) is -1.93. The molecule has 0 saturated carbocycles. The summed E-state index contributed by atoms with van der Waals surface area (Å²) in [5, 5.41) is 19.5. The SMILES string of the molecule is CC(C)[C@H](NC(=O)CNC(=O)OCC1c2ccccc2-c2ccccc21)C(=O)N[C@@H](C)C(=O)Nc1ccc(CO)cc1. The van der Waals surface area contributed by atoms with Gasteiger partial charge in [-0.2, -0.15) is 0 Å². The third-order valence-electron chi connectivity index (χ3n) is 7.16. The zero-order valence-corrected chi connectivity index (χ0v) is 23.8. The molecule has 1 aliphatic carbocycles. The maximum Gasteiger partial charge on any atom is 0.407 e. The minimum atomic E-state index is -0.930. The molecule has 0 saturated heterocycles. The summed E-state index contributed by atoms with van der Waals surface area (Å²) >= 11 is 0. The Morgan fingerprint density at radius 3 is 1.98 bits per heavy atom.